The summed E-state index contributed by atoms with van der Waals surface area (Å²) < 4.78 is 28.4. The number of aromatic nitrogens is 1. The van der Waals surface area contributed by atoms with Crippen LogP contribution < -0.4 is 0 Å². The molecular formula is C37H43NO4S. The van der Waals surface area contributed by atoms with Gasteiger partial charge in [-0.05, 0) is 30.2 Å². The number of Topliss-reactive ketones (excluding diaryl/α,β-unsaturated/α-hetero) is 1. The standard InChI is InChI=1S/C17H15NO3S.C14H12O.2C3H8/c1-12-16(13-8-10-15(11-9-13)22(2,19)20)17(18-21-12)14-6-4-3-5-7-14;15-14(13-9-5-2-6-10-13)11-12-7-3-1-4-8-12;2*1-3-2/h3-11H,1-2H3;1-10H,11H2;2*3H2,1-2H3. The Kier molecular flexibility index (Phi) is 14.8. The first kappa shape index (κ1) is 34.9. The molecule has 5 aromatic rings. The molecule has 0 aliphatic carbocycles. The van der Waals surface area contributed by atoms with Crippen molar-refractivity contribution in [3.8, 4) is 22.4 Å². The van der Waals surface area contributed by atoms with Gasteiger partial charge in [0.25, 0.3) is 0 Å². The van der Waals surface area contributed by atoms with Gasteiger partial charge in [-0.1, -0.05) is 149 Å². The van der Waals surface area contributed by atoms with Gasteiger partial charge in [0, 0.05) is 23.8 Å². The van der Waals surface area contributed by atoms with E-state index in [1.165, 1.54) is 19.1 Å². The van der Waals surface area contributed by atoms with E-state index in [0.717, 1.165) is 33.5 Å². The van der Waals surface area contributed by atoms with Crippen LogP contribution in [0.5, 0.6) is 0 Å². The molecule has 4 aromatic carbocycles. The maximum absolute atomic E-state index is 11.8. The van der Waals surface area contributed by atoms with Gasteiger partial charge >= 0.3 is 0 Å². The largest absolute Gasteiger partial charge is 0.360 e. The second kappa shape index (κ2) is 18.3. The van der Waals surface area contributed by atoms with Gasteiger partial charge in [0.1, 0.15) is 11.5 Å². The fourth-order valence-electron chi connectivity index (χ4n) is 3.88. The van der Waals surface area contributed by atoms with E-state index in [1.807, 2.05) is 97.9 Å². The molecule has 1 aromatic heterocycles. The smallest absolute Gasteiger partial charge is 0.175 e. The summed E-state index contributed by atoms with van der Waals surface area (Å²) in [5.74, 6) is 0.868. The topological polar surface area (TPSA) is 77.2 Å². The summed E-state index contributed by atoms with van der Waals surface area (Å²) in [5, 5.41) is 4.14. The molecule has 0 radical (unpaired) electrons. The summed E-state index contributed by atoms with van der Waals surface area (Å²) in [6, 6.07) is 35.7. The molecule has 0 spiro atoms. The first-order valence-corrected chi connectivity index (χ1v) is 16.5. The highest BCUT2D eigenvalue weighted by Crippen LogP contribution is 2.34. The summed E-state index contributed by atoms with van der Waals surface area (Å²) in [6.07, 6.45) is 4.17. The van der Waals surface area contributed by atoms with Crippen LogP contribution in [0.1, 0.15) is 62.2 Å². The molecule has 0 aliphatic heterocycles. The molecule has 0 atom stereocenters. The Morgan fingerprint density at radius 3 is 1.63 bits per heavy atom. The number of ketones is 1. The Balaban J connectivity index is 0.000000266. The van der Waals surface area contributed by atoms with Gasteiger partial charge in [-0.15, -0.1) is 0 Å². The van der Waals surface area contributed by atoms with E-state index in [9.17, 15) is 13.2 Å². The fraction of sp³-hybridized carbons (Fsp3) is 0.243. The number of nitrogens with zero attached hydrogens (tertiary/aromatic N) is 1. The molecule has 5 rings (SSSR count). The van der Waals surface area contributed by atoms with Gasteiger partial charge < -0.3 is 4.52 Å². The summed E-state index contributed by atoms with van der Waals surface area (Å²) in [5.41, 5.74) is 5.32. The van der Waals surface area contributed by atoms with Gasteiger partial charge in [0.15, 0.2) is 15.6 Å². The molecule has 226 valence electrons. The van der Waals surface area contributed by atoms with Gasteiger partial charge in [0.2, 0.25) is 0 Å². The summed E-state index contributed by atoms with van der Waals surface area (Å²) in [7, 11) is -3.20. The molecule has 0 fully saturated rings. The van der Waals surface area contributed by atoms with Gasteiger partial charge in [-0.2, -0.15) is 0 Å². The van der Waals surface area contributed by atoms with Gasteiger partial charge in [0.05, 0.1) is 10.5 Å². The Morgan fingerprint density at radius 1 is 0.674 bits per heavy atom. The van der Waals surface area contributed by atoms with Crippen molar-refractivity contribution < 1.29 is 17.7 Å². The first-order valence-electron chi connectivity index (χ1n) is 14.6. The lowest BCUT2D eigenvalue weighted by Crippen LogP contribution is -2.02. The maximum atomic E-state index is 11.8. The second-order valence-corrected chi connectivity index (χ2v) is 12.0. The SMILES string of the molecule is CCC.CCC.Cc1onc(-c2ccccc2)c1-c1ccc(S(C)(=O)=O)cc1.O=C(Cc1ccccc1)c1ccccc1. The normalized spacial score (nSPS) is 10.2. The third-order valence-corrected chi connectivity index (χ3v) is 6.91. The third-order valence-electron chi connectivity index (χ3n) is 5.78. The van der Waals surface area contributed by atoms with E-state index in [0.29, 0.717) is 17.1 Å². The van der Waals surface area contributed by atoms with E-state index in [-0.39, 0.29) is 5.78 Å². The monoisotopic (exact) mass is 597 g/mol. The van der Waals surface area contributed by atoms with Crippen molar-refractivity contribution in [2.75, 3.05) is 6.26 Å². The van der Waals surface area contributed by atoms with Crippen molar-refractivity contribution in [1.82, 2.24) is 5.16 Å². The highest BCUT2D eigenvalue weighted by Gasteiger charge is 2.17. The van der Waals surface area contributed by atoms with Crippen molar-refractivity contribution in [3.05, 3.63) is 132 Å². The molecule has 0 saturated heterocycles. The zero-order chi connectivity index (χ0) is 31.7. The number of carbonyl (C=O) groups excluding carboxylic acids is 1. The van der Waals surface area contributed by atoms with E-state index in [2.05, 4.69) is 32.9 Å². The number of benzene rings is 4. The lowest BCUT2D eigenvalue weighted by molar-refractivity contribution is 0.0993. The van der Waals surface area contributed by atoms with Crippen molar-refractivity contribution in [1.29, 1.82) is 0 Å². The molecule has 0 unspecified atom stereocenters. The summed E-state index contributed by atoms with van der Waals surface area (Å²) in [6.45, 7) is 10.3. The van der Waals surface area contributed by atoms with Crippen LogP contribution in [0.15, 0.2) is 125 Å². The molecule has 43 heavy (non-hydrogen) atoms. The third kappa shape index (κ3) is 11.5. The van der Waals surface area contributed by atoms with Crippen LogP contribution in [0.2, 0.25) is 0 Å². The Morgan fingerprint density at radius 2 is 1.14 bits per heavy atom. The molecule has 1 heterocycles. The number of carbonyl (C=O) groups is 1. The quantitative estimate of drug-likeness (QED) is 0.182. The van der Waals surface area contributed by atoms with Crippen molar-refractivity contribution in [2.45, 2.75) is 58.8 Å². The average molecular weight is 598 g/mol. The van der Waals surface area contributed by atoms with Gasteiger partial charge in [-0.3, -0.25) is 4.79 Å². The zero-order valence-electron chi connectivity index (χ0n) is 26.1. The fourth-order valence-corrected chi connectivity index (χ4v) is 4.51. The highest BCUT2D eigenvalue weighted by atomic mass is 32.2. The molecule has 0 saturated carbocycles. The molecule has 5 nitrogen and oxygen atoms in total. The lowest BCUT2D eigenvalue weighted by atomic mass is 10.00. The molecule has 6 heteroatoms. The Labute approximate surface area is 257 Å². The molecular weight excluding hydrogens is 554 g/mol. The van der Waals surface area contributed by atoms with Crippen LogP contribution in [0.25, 0.3) is 22.4 Å². The van der Waals surface area contributed by atoms with Crippen molar-refractivity contribution in [2.24, 2.45) is 0 Å². The summed E-state index contributed by atoms with van der Waals surface area (Å²) in [4.78, 5) is 12.1. The van der Waals surface area contributed by atoms with Crippen LogP contribution in [0, 0.1) is 6.92 Å². The highest BCUT2D eigenvalue weighted by molar-refractivity contribution is 7.90. The van der Waals surface area contributed by atoms with Crippen LogP contribution in [0.4, 0.5) is 0 Å². The van der Waals surface area contributed by atoms with Crippen LogP contribution in [-0.2, 0) is 16.3 Å². The van der Waals surface area contributed by atoms with Crippen LogP contribution in [-0.4, -0.2) is 25.6 Å². The number of hydrogen-bond donors (Lipinski definition) is 0. The molecule has 0 aliphatic rings. The molecule has 0 bridgehead atoms. The number of hydrogen-bond acceptors (Lipinski definition) is 5. The maximum Gasteiger partial charge on any atom is 0.175 e. The zero-order valence-corrected chi connectivity index (χ0v) is 26.9. The minimum absolute atomic E-state index is 0.168. The van der Waals surface area contributed by atoms with Crippen molar-refractivity contribution in [3.63, 3.8) is 0 Å². The first-order chi connectivity index (χ1) is 20.7. The van der Waals surface area contributed by atoms with Crippen LogP contribution >= 0.6 is 0 Å². The minimum Gasteiger partial charge on any atom is -0.360 e. The predicted octanol–water partition coefficient (Wildman–Crippen LogP) is 9.67. The van der Waals surface area contributed by atoms with Gasteiger partial charge in [-0.25, -0.2) is 8.42 Å². The lowest BCUT2D eigenvalue weighted by Gasteiger charge is -2.04. The Hall–Kier alpha value is -4.29. The van der Waals surface area contributed by atoms with E-state index >= 15 is 0 Å². The number of rotatable bonds is 6. The van der Waals surface area contributed by atoms with Crippen LogP contribution in [0.3, 0.4) is 0 Å². The van der Waals surface area contributed by atoms with E-state index < -0.39 is 9.84 Å². The Bertz CT molecular complexity index is 1590. The number of sulfone groups is 1. The predicted molar refractivity (Wildman–Crippen MR) is 178 cm³/mol. The van der Waals surface area contributed by atoms with Crippen molar-refractivity contribution >= 4 is 15.6 Å². The molecule has 0 N–H and O–H groups in total. The molecule has 0 amide bonds. The number of aryl methyl sites for hydroxylation is 1. The van der Waals surface area contributed by atoms with E-state index in [4.69, 9.17) is 4.52 Å². The summed E-state index contributed by atoms with van der Waals surface area (Å²) >= 11 is 0. The second-order valence-electron chi connectivity index (χ2n) is 9.99. The average Bonchev–Trinajstić information content (AvgIpc) is 3.40. The minimum atomic E-state index is -3.20. The van der Waals surface area contributed by atoms with E-state index in [1.54, 1.807) is 24.3 Å².